The van der Waals surface area contributed by atoms with Crippen LogP contribution in [0.2, 0.25) is 10.0 Å². The number of benzene rings is 1. The zero-order valence-electron chi connectivity index (χ0n) is 10.5. The van der Waals surface area contributed by atoms with Crippen LogP contribution in [0, 0.1) is 0 Å². The van der Waals surface area contributed by atoms with Crippen LogP contribution in [0.5, 0.6) is 0 Å². The number of alkyl halides is 3. The topological polar surface area (TPSA) is 50.9 Å². The van der Waals surface area contributed by atoms with Gasteiger partial charge < -0.3 is 5.11 Å². The molecular formula is C12H10Cl5N3O. The number of hydrogen-bond acceptors (Lipinski definition) is 3. The quantitative estimate of drug-likeness (QED) is 0.796. The summed E-state index contributed by atoms with van der Waals surface area (Å²) in [6.45, 7) is 0.0300. The average molecular weight is 389 g/mol. The predicted molar refractivity (Wildman–Crippen MR) is 85.3 cm³/mol. The van der Waals surface area contributed by atoms with Gasteiger partial charge in [-0.25, -0.2) is 9.67 Å². The fourth-order valence-electron chi connectivity index (χ4n) is 2.02. The summed E-state index contributed by atoms with van der Waals surface area (Å²) in [5, 5.41) is 15.7. The maximum atomic E-state index is 11.0. The van der Waals surface area contributed by atoms with Gasteiger partial charge in [-0.1, -0.05) is 64.1 Å². The van der Waals surface area contributed by atoms with Gasteiger partial charge in [0, 0.05) is 22.0 Å². The third-order valence-electron chi connectivity index (χ3n) is 2.82. The number of rotatable bonds is 4. The van der Waals surface area contributed by atoms with Crippen LogP contribution in [-0.2, 0) is 12.1 Å². The van der Waals surface area contributed by atoms with E-state index in [-0.39, 0.29) is 18.0 Å². The fraction of sp³-hybridized carbons (Fsp3) is 0.333. The number of aromatic nitrogens is 3. The van der Waals surface area contributed by atoms with Crippen molar-refractivity contribution >= 4 is 58.0 Å². The minimum absolute atomic E-state index is 0.0300. The van der Waals surface area contributed by atoms with Gasteiger partial charge in [0.25, 0.3) is 0 Å². The number of aliphatic hydroxyl groups is 1. The van der Waals surface area contributed by atoms with E-state index in [9.17, 15) is 5.11 Å². The molecule has 0 spiro atoms. The van der Waals surface area contributed by atoms with Gasteiger partial charge in [-0.05, 0) is 12.1 Å². The Morgan fingerprint density at radius 2 is 1.90 bits per heavy atom. The second-order valence-electron chi connectivity index (χ2n) is 4.54. The summed E-state index contributed by atoms with van der Waals surface area (Å²) in [6.07, 6.45) is 2.62. The minimum Gasteiger partial charge on any atom is -0.383 e. The summed E-state index contributed by atoms with van der Waals surface area (Å²) in [5.41, 5.74) is -1.14. The molecule has 9 heteroatoms. The van der Waals surface area contributed by atoms with Crippen LogP contribution in [0.4, 0.5) is 0 Å². The average Bonchev–Trinajstić information content (AvgIpc) is 2.78. The van der Waals surface area contributed by atoms with Gasteiger partial charge in [0.2, 0.25) is 0 Å². The lowest BCUT2D eigenvalue weighted by atomic mass is 9.90. The fourth-order valence-corrected chi connectivity index (χ4v) is 3.26. The second kappa shape index (κ2) is 6.49. The molecule has 0 bridgehead atoms. The zero-order valence-corrected chi connectivity index (χ0v) is 14.3. The second-order valence-corrected chi connectivity index (χ2v) is 7.90. The van der Waals surface area contributed by atoms with Gasteiger partial charge in [-0.3, -0.25) is 0 Å². The van der Waals surface area contributed by atoms with Crippen molar-refractivity contribution in [3.63, 3.8) is 0 Å². The van der Waals surface area contributed by atoms with Crippen molar-refractivity contribution < 1.29 is 5.11 Å². The lowest BCUT2D eigenvalue weighted by Crippen LogP contribution is -2.36. The van der Waals surface area contributed by atoms with Crippen molar-refractivity contribution in [3.8, 4) is 0 Å². The minimum atomic E-state index is -1.67. The highest BCUT2D eigenvalue weighted by Gasteiger charge is 2.40. The summed E-state index contributed by atoms with van der Waals surface area (Å²) >= 11 is 29.6. The SMILES string of the molecule is OC(Cn1cncn1)(CC(Cl)(Cl)Cl)c1ccc(Cl)cc1Cl. The summed E-state index contributed by atoms with van der Waals surface area (Å²) < 4.78 is -0.236. The summed E-state index contributed by atoms with van der Waals surface area (Å²) in [6, 6.07) is 4.72. The molecular weight excluding hydrogens is 379 g/mol. The van der Waals surface area contributed by atoms with Crippen LogP contribution in [-0.4, -0.2) is 23.7 Å². The zero-order chi connectivity index (χ0) is 15.7. The first kappa shape index (κ1) is 17.1. The molecule has 0 amide bonds. The molecule has 0 fully saturated rings. The molecule has 1 aromatic heterocycles. The smallest absolute Gasteiger partial charge is 0.193 e. The number of hydrogen-bond donors (Lipinski definition) is 1. The molecule has 1 atom stereocenters. The van der Waals surface area contributed by atoms with Crippen molar-refractivity contribution in [2.45, 2.75) is 22.4 Å². The van der Waals surface area contributed by atoms with Crippen LogP contribution in [0.3, 0.4) is 0 Å². The van der Waals surface area contributed by atoms with E-state index in [1.165, 1.54) is 23.4 Å². The largest absolute Gasteiger partial charge is 0.383 e. The Bertz CT molecular complexity index is 614. The highest BCUT2D eigenvalue weighted by Crippen LogP contribution is 2.43. The van der Waals surface area contributed by atoms with E-state index < -0.39 is 9.39 Å². The van der Waals surface area contributed by atoms with Crippen molar-refractivity contribution in [2.75, 3.05) is 0 Å². The van der Waals surface area contributed by atoms with Crippen molar-refractivity contribution in [1.29, 1.82) is 0 Å². The van der Waals surface area contributed by atoms with E-state index in [4.69, 9.17) is 58.0 Å². The first-order valence-corrected chi connectivity index (χ1v) is 7.66. The standard InChI is InChI=1S/C12H10Cl5N3O/c13-8-1-2-9(10(14)3-8)11(21,4-12(15,16)17)5-20-7-18-6-19-20/h1-3,6-7,21H,4-5H2. The molecule has 0 radical (unpaired) electrons. The van der Waals surface area contributed by atoms with Crippen molar-refractivity contribution in [3.05, 3.63) is 46.5 Å². The molecule has 4 nitrogen and oxygen atoms in total. The Balaban J connectivity index is 2.44. The van der Waals surface area contributed by atoms with E-state index in [2.05, 4.69) is 10.1 Å². The normalized spacial score (nSPS) is 15.0. The van der Waals surface area contributed by atoms with E-state index in [1.807, 2.05) is 0 Å². The van der Waals surface area contributed by atoms with Gasteiger partial charge in [-0.2, -0.15) is 5.10 Å². The summed E-state index contributed by atoms with van der Waals surface area (Å²) in [5.74, 6) is 0. The van der Waals surface area contributed by atoms with E-state index in [1.54, 1.807) is 12.1 Å². The molecule has 114 valence electrons. The summed E-state index contributed by atoms with van der Waals surface area (Å²) in [4.78, 5) is 3.82. The Morgan fingerprint density at radius 1 is 1.19 bits per heavy atom. The molecule has 1 heterocycles. The lowest BCUT2D eigenvalue weighted by Gasteiger charge is -2.32. The molecule has 21 heavy (non-hydrogen) atoms. The van der Waals surface area contributed by atoms with Gasteiger partial charge in [-0.15, -0.1) is 0 Å². The molecule has 1 aromatic carbocycles. The number of nitrogens with zero attached hydrogens (tertiary/aromatic N) is 3. The Morgan fingerprint density at radius 3 is 2.43 bits per heavy atom. The summed E-state index contributed by atoms with van der Waals surface area (Å²) in [7, 11) is 0. The molecule has 0 aliphatic rings. The Labute approximate surface area is 146 Å². The van der Waals surface area contributed by atoms with Gasteiger partial charge in [0.1, 0.15) is 18.3 Å². The molecule has 1 N–H and O–H groups in total. The lowest BCUT2D eigenvalue weighted by molar-refractivity contribution is 0.00747. The van der Waals surface area contributed by atoms with Crippen LogP contribution in [0.15, 0.2) is 30.9 Å². The monoisotopic (exact) mass is 387 g/mol. The molecule has 2 rings (SSSR count). The molecule has 0 aliphatic heterocycles. The first-order valence-electron chi connectivity index (χ1n) is 5.77. The van der Waals surface area contributed by atoms with Crippen LogP contribution in [0.25, 0.3) is 0 Å². The van der Waals surface area contributed by atoms with Crippen molar-refractivity contribution in [2.24, 2.45) is 0 Å². The van der Waals surface area contributed by atoms with Gasteiger partial charge in [0.05, 0.1) is 6.54 Å². The molecule has 2 aromatic rings. The highest BCUT2D eigenvalue weighted by atomic mass is 35.6. The third kappa shape index (κ3) is 4.62. The van der Waals surface area contributed by atoms with E-state index in [0.717, 1.165) is 0 Å². The van der Waals surface area contributed by atoms with Crippen molar-refractivity contribution in [1.82, 2.24) is 14.8 Å². The van der Waals surface area contributed by atoms with Gasteiger partial charge >= 0.3 is 0 Å². The molecule has 0 aliphatic carbocycles. The highest BCUT2D eigenvalue weighted by molar-refractivity contribution is 6.67. The van der Waals surface area contributed by atoms with Crippen LogP contribution >= 0.6 is 58.0 Å². The predicted octanol–water partition coefficient (Wildman–Crippen LogP) is 4.23. The molecule has 0 saturated carbocycles. The van der Waals surface area contributed by atoms with Gasteiger partial charge in [0.15, 0.2) is 3.79 Å². The maximum absolute atomic E-state index is 11.0. The van der Waals surface area contributed by atoms with Crippen LogP contribution < -0.4 is 0 Å². The first-order chi connectivity index (χ1) is 9.70. The van der Waals surface area contributed by atoms with Crippen LogP contribution in [0.1, 0.15) is 12.0 Å². The van der Waals surface area contributed by atoms with E-state index >= 15 is 0 Å². The Kier molecular flexibility index (Phi) is 5.29. The maximum Gasteiger partial charge on any atom is 0.193 e. The molecule has 1 unspecified atom stereocenters. The Hall–Kier alpha value is -0.230. The number of halogens is 5. The van der Waals surface area contributed by atoms with E-state index in [0.29, 0.717) is 10.6 Å². The third-order valence-corrected chi connectivity index (χ3v) is 3.76. The molecule has 0 saturated heterocycles.